The minimum absolute atomic E-state index is 0.0579. The molecule has 4 nitrogen and oxygen atoms in total. The molecule has 0 saturated carbocycles. The molecule has 0 saturated heterocycles. The third kappa shape index (κ3) is 4.51. The molecule has 0 atom stereocenters. The molecular formula is C13H8Br2Cl2N2O2. The van der Waals surface area contributed by atoms with E-state index in [1.807, 2.05) is 0 Å². The van der Waals surface area contributed by atoms with Crippen molar-refractivity contribution >= 4 is 72.5 Å². The van der Waals surface area contributed by atoms with Gasteiger partial charge in [-0.05, 0) is 62.2 Å². The second-order valence-corrected chi connectivity index (χ2v) is 6.61. The van der Waals surface area contributed by atoms with Crippen LogP contribution in [0, 0.1) is 0 Å². The summed E-state index contributed by atoms with van der Waals surface area (Å²) in [6.07, 6.45) is 0. The maximum atomic E-state index is 11.9. The number of nitrogens with one attached hydrogen (secondary N) is 2. The van der Waals surface area contributed by atoms with Gasteiger partial charge in [-0.3, -0.25) is 0 Å². The zero-order valence-electron chi connectivity index (χ0n) is 10.3. The Kier molecular flexibility index (Phi) is 5.37. The number of halogens is 4. The molecule has 0 aromatic heterocycles. The summed E-state index contributed by atoms with van der Waals surface area (Å²) in [5, 5.41) is 15.7. The van der Waals surface area contributed by atoms with Crippen LogP contribution < -0.4 is 10.6 Å². The van der Waals surface area contributed by atoms with E-state index in [1.54, 1.807) is 30.3 Å². The SMILES string of the molecule is O=C(Nc1cc(Cl)cc(Cl)c1)Nc1cc(Br)c(O)c(Br)c1. The van der Waals surface area contributed by atoms with Gasteiger partial charge in [-0.1, -0.05) is 23.2 Å². The van der Waals surface area contributed by atoms with Crippen molar-refractivity contribution in [2.24, 2.45) is 0 Å². The van der Waals surface area contributed by atoms with Crippen LogP contribution in [0.3, 0.4) is 0 Å². The molecule has 3 N–H and O–H groups in total. The van der Waals surface area contributed by atoms with Crippen molar-refractivity contribution in [3.63, 3.8) is 0 Å². The fourth-order valence-electron chi connectivity index (χ4n) is 1.56. The Hall–Kier alpha value is -0.950. The number of amides is 2. The summed E-state index contributed by atoms with van der Waals surface area (Å²) in [5.41, 5.74) is 0.971. The first-order valence-electron chi connectivity index (χ1n) is 5.57. The van der Waals surface area contributed by atoms with Crippen molar-refractivity contribution in [2.75, 3.05) is 10.6 Å². The lowest BCUT2D eigenvalue weighted by Gasteiger charge is -2.10. The van der Waals surface area contributed by atoms with E-state index in [4.69, 9.17) is 23.2 Å². The molecule has 0 fully saturated rings. The Morgan fingerprint density at radius 3 is 1.81 bits per heavy atom. The fraction of sp³-hybridized carbons (Fsp3) is 0. The van der Waals surface area contributed by atoms with Gasteiger partial charge in [0.25, 0.3) is 0 Å². The summed E-state index contributed by atoms with van der Waals surface area (Å²) in [7, 11) is 0. The van der Waals surface area contributed by atoms with E-state index in [0.29, 0.717) is 30.4 Å². The molecule has 2 aromatic rings. The lowest BCUT2D eigenvalue weighted by Crippen LogP contribution is -2.19. The summed E-state index contributed by atoms with van der Waals surface area (Å²) in [6, 6.07) is 7.42. The van der Waals surface area contributed by atoms with Crippen LogP contribution in [-0.2, 0) is 0 Å². The van der Waals surface area contributed by atoms with Gasteiger partial charge in [0, 0.05) is 21.4 Å². The molecule has 8 heteroatoms. The molecule has 0 radical (unpaired) electrons. The molecule has 2 aromatic carbocycles. The number of hydrogen-bond donors (Lipinski definition) is 3. The number of carbonyl (C=O) groups is 1. The number of benzene rings is 2. The predicted molar refractivity (Wildman–Crippen MR) is 92.6 cm³/mol. The van der Waals surface area contributed by atoms with Crippen LogP contribution in [0.2, 0.25) is 10.0 Å². The first-order chi connectivity index (χ1) is 9.85. The standard InChI is InChI=1S/C13H8Br2Cl2N2O2/c14-10-4-9(5-11(15)12(10)20)19-13(21)18-8-2-6(16)1-7(17)3-8/h1-5,20H,(H2,18,19,21). The van der Waals surface area contributed by atoms with Gasteiger partial charge in [0.15, 0.2) is 0 Å². The highest BCUT2D eigenvalue weighted by molar-refractivity contribution is 9.11. The lowest BCUT2D eigenvalue weighted by atomic mass is 10.3. The first kappa shape index (κ1) is 16.4. The molecule has 0 aliphatic heterocycles. The van der Waals surface area contributed by atoms with E-state index in [-0.39, 0.29) is 5.75 Å². The van der Waals surface area contributed by atoms with Crippen LogP contribution in [0.4, 0.5) is 16.2 Å². The molecular weight excluding hydrogens is 447 g/mol. The quantitative estimate of drug-likeness (QED) is 0.497. The number of aromatic hydroxyl groups is 1. The number of anilines is 2. The molecule has 2 amide bonds. The normalized spacial score (nSPS) is 10.3. The Bertz CT molecular complexity index is 667. The van der Waals surface area contributed by atoms with Crippen LogP contribution in [0.5, 0.6) is 5.75 Å². The van der Waals surface area contributed by atoms with Gasteiger partial charge < -0.3 is 15.7 Å². The van der Waals surface area contributed by atoms with E-state index >= 15 is 0 Å². The lowest BCUT2D eigenvalue weighted by molar-refractivity contribution is 0.262. The minimum atomic E-state index is -0.460. The largest absolute Gasteiger partial charge is 0.506 e. The molecule has 0 bridgehead atoms. The van der Waals surface area contributed by atoms with Crippen LogP contribution in [0.1, 0.15) is 0 Å². The van der Waals surface area contributed by atoms with E-state index in [1.165, 1.54) is 0 Å². The average molecular weight is 455 g/mol. The van der Waals surface area contributed by atoms with Gasteiger partial charge in [-0.2, -0.15) is 0 Å². The molecule has 0 heterocycles. The topological polar surface area (TPSA) is 61.4 Å². The minimum Gasteiger partial charge on any atom is -0.506 e. The summed E-state index contributed by atoms with van der Waals surface area (Å²) in [4.78, 5) is 11.9. The van der Waals surface area contributed by atoms with Crippen LogP contribution >= 0.6 is 55.1 Å². The van der Waals surface area contributed by atoms with E-state index < -0.39 is 6.03 Å². The Morgan fingerprint density at radius 1 is 0.905 bits per heavy atom. The molecule has 110 valence electrons. The number of rotatable bonds is 2. The molecule has 0 unspecified atom stereocenters. The second kappa shape index (κ2) is 6.87. The highest BCUT2D eigenvalue weighted by Crippen LogP contribution is 2.35. The molecule has 21 heavy (non-hydrogen) atoms. The van der Waals surface area contributed by atoms with Crippen molar-refractivity contribution in [3.05, 3.63) is 49.3 Å². The summed E-state index contributed by atoms with van der Waals surface area (Å²) < 4.78 is 0.913. The van der Waals surface area contributed by atoms with Crippen molar-refractivity contribution in [1.29, 1.82) is 0 Å². The number of hydrogen-bond acceptors (Lipinski definition) is 2. The van der Waals surface area contributed by atoms with Gasteiger partial charge in [0.2, 0.25) is 0 Å². The monoisotopic (exact) mass is 452 g/mol. The van der Waals surface area contributed by atoms with Crippen molar-refractivity contribution in [1.82, 2.24) is 0 Å². The number of phenols is 1. The van der Waals surface area contributed by atoms with Crippen LogP contribution in [-0.4, -0.2) is 11.1 Å². The molecule has 2 rings (SSSR count). The summed E-state index contributed by atoms with van der Waals surface area (Å²) in [6.45, 7) is 0. The molecule has 0 spiro atoms. The van der Waals surface area contributed by atoms with Crippen molar-refractivity contribution in [3.8, 4) is 5.75 Å². The highest BCUT2D eigenvalue weighted by atomic mass is 79.9. The Balaban J connectivity index is 2.11. The van der Waals surface area contributed by atoms with Gasteiger partial charge in [0.05, 0.1) is 8.95 Å². The van der Waals surface area contributed by atoms with Gasteiger partial charge in [-0.15, -0.1) is 0 Å². The zero-order chi connectivity index (χ0) is 15.6. The fourth-order valence-corrected chi connectivity index (χ4v) is 3.27. The summed E-state index contributed by atoms with van der Waals surface area (Å²) >= 11 is 18.1. The van der Waals surface area contributed by atoms with E-state index in [2.05, 4.69) is 42.5 Å². The summed E-state index contributed by atoms with van der Waals surface area (Å²) in [5.74, 6) is 0.0579. The van der Waals surface area contributed by atoms with Gasteiger partial charge in [0.1, 0.15) is 5.75 Å². The molecule has 0 aliphatic carbocycles. The Labute approximate surface area is 147 Å². The maximum Gasteiger partial charge on any atom is 0.323 e. The first-order valence-corrected chi connectivity index (χ1v) is 7.91. The van der Waals surface area contributed by atoms with Crippen molar-refractivity contribution < 1.29 is 9.90 Å². The van der Waals surface area contributed by atoms with Crippen LogP contribution in [0.25, 0.3) is 0 Å². The maximum absolute atomic E-state index is 11.9. The third-order valence-corrected chi connectivity index (χ3v) is 4.04. The van der Waals surface area contributed by atoms with Crippen molar-refractivity contribution in [2.45, 2.75) is 0 Å². The highest BCUT2D eigenvalue weighted by Gasteiger charge is 2.09. The van der Waals surface area contributed by atoms with E-state index in [9.17, 15) is 9.90 Å². The zero-order valence-corrected chi connectivity index (χ0v) is 14.9. The second-order valence-electron chi connectivity index (χ2n) is 4.03. The Morgan fingerprint density at radius 2 is 1.33 bits per heavy atom. The average Bonchev–Trinajstić information content (AvgIpc) is 2.34. The number of urea groups is 1. The van der Waals surface area contributed by atoms with Gasteiger partial charge in [-0.25, -0.2) is 4.79 Å². The number of carbonyl (C=O) groups excluding carboxylic acids is 1. The molecule has 0 aliphatic rings. The number of phenolic OH excluding ortho intramolecular Hbond substituents is 1. The predicted octanol–water partition coefficient (Wildman–Crippen LogP) is 5.87. The third-order valence-electron chi connectivity index (χ3n) is 2.40. The smallest absolute Gasteiger partial charge is 0.323 e. The van der Waals surface area contributed by atoms with Gasteiger partial charge >= 0.3 is 6.03 Å². The van der Waals surface area contributed by atoms with E-state index in [0.717, 1.165) is 0 Å². The van der Waals surface area contributed by atoms with Crippen LogP contribution in [0.15, 0.2) is 39.3 Å².